The predicted octanol–water partition coefficient (Wildman–Crippen LogP) is 5.88. The zero-order chi connectivity index (χ0) is 18.7. The molecule has 0 aliphatic carbocycles. The van der Waals surface area contributed by atoms with Gasteiger partial charge >= 0.3 is 0 Å². The second-order valence-electron chi connectivity index (χ2n) is 6.63. The minimum absolute atomic E-state index is 0.331. The number of rotatable bonds is 5. The summed E-state index contributed by atoms with van der Waals surface area (Å²) in [6, 6.07) is 13.3. The number of aryl methyl sites for hydroxylation is 1. The van der Waals surface area contributed by atoms with Crippen molar-refractivity contribution in [2.45, 2.75) is 33.2 Å². The summed E-state index contributed by atoms with van der Waals surface area (Å²) in [5.41, 5.74) is 4.23. The molecule has 0 bridgehead atoms. The van der Waals surface area contributed by atoms with Crippen LogP contribution in [-0.2, 0) is 6.54 Å². The molecule has 2 aromatic heterocycles. The van der Waals surface area contributed by atoms with Crippen molar-refractivity contribution >= 4 is 23.5 Å². The van der Waals surface area contributed by atoms with Crippen LogP contribution in [0.5, 0.6) is 0 Å². The highest BCUT2D eigenvalue weighted by atomic mass is 35.5. The topological polar surface area (TPSA) is 30.7 Å². The molecule has 0 saturated carbocycles. The van der Waals surface area contributed by atoms with Gasteiger partial charge in [0.1, 0.15) is 10.8 Å². The Labute approximate surface area is 158 Å². The lowest BCUT2D eigenvalue weighted by atomic mass is 10.0. The van der Waals surface area contributed by atoms with E-state index in [2.05, 4.69) is 23.9 Å². The molecule has 3 rings (SSSR count). The molecular formula is C21H21ClFN3. The lowest BCUT2D eigenvalue weighted by molar-refractivity contribution is 0.652. The minimum atomic E-state index is -0.349. The standard InChI is InChI=1S/C21H21ClFN3/c1-14(2)18-7-4-16(5-8-18)11-19(23)20-10-15(3)26(25-20)13-17-6-9-21(22)24-12-17/h4-12,14H,13H2,1-3H3/b19-11-. The fourth-order valence-electron chi connectivity index (χ4n) is 2.66. The van der Waals surface area contributed by atoms with E-state index < -0.39 is 0 Å². The number of nitrogens with zero attached hydrogens (tertiary/aromatic N) is 3. The molecule has 0 aliphatic rings. The highest BCUT2D eigenvalue weighted by Gasteiger charge is 2.10. The third-order valence-electron chi connectivity index (χ3n) is 4.24. The van der Waals surface area contributed by atoms with Crippen molar-refractivity contribution in [2.75, 3.05) is 0 Å². The monoisotopic (exact) mass is 369 g/mol. The molecule has 0 unspecified atom stereocenters. The van der Waals surface area contributed by atoms with Crippen LogP contribution >= 0.6 is 11.6 Å². The van der Waals surface area contributed by atoms with Gasteiger partial charge in [0.15, 0.2) is 5.83 Å². The maximum atomic E-state index is 14.6. The van der Waals surface area contributed by atoms with Crippen LogP contribution in [0, 0.1) is 6.92 Å². The van der Waals surface area contributed by atoms with Gasteiger partial charge in [0.25, 0.3) is 0 Å². The number of aromatic nitrogens is 3. The Morgan fingerprint density at radius 1 is 1.19 bits per heavy atom. The maximum Gasteiger partial charge on any atom is 0.151 e. The number of pyridine rings is 1. The van der Waals surface area contributed by atoms with Gasteiger partial charge in [-0.2, -0.15) is 5.10 Å². The number of benzene rings is 1. The van der Waals surface area contributed by atoms with Gasteiger partial charge in [-0.3, -0.25) is 4.68 Å². The zero-order valence-corrected chi connectivity index (χ0v) is 15.8. The highest BCUT2D eigenvalue weighted by molar-refractivity contribution is 6.29. The molecule has 134 valence electrons. The number of hydrogen-bond donors (Lipinski definition) is 0. The van der Waals surface area contributed by atoms with Crippen molar-refractivity contribution in [2.24, 2.45) is 0 Å². The van der Waals surface area contributed by atoms with E-state index in [0.29, 0.717) is 23.3 Å². The molecule has 0 atom stereocenters. The van der Waals surface area contributed by atoms with Crippen molar-refractivity contribution < 1.29 is 4.39 Å². The maximum absolute atomic E-state index is 14.6. The van der Waals surface area contributed by atoms with Gasteiger partial charge in [0, 0.05) is 11.9 Å². The SMILES string of the molecule is Cc1cc(/C(F)=C/c2ccc(C(C)C)cc2)nn1Cc1ccc(Cl)nc1. The van der Waals surface area contributed by atoms with Crippen LogP contribution in [0.25, 0.3) is 11.9 Å². The summed E-state index contributed by atoms with van der Waals surface area (Å²) < 4.78 is 16.4. The van der Waals surface area contributed by atoms with E-state index in [1.54, 1.807) is 23.0 Å². The minimum Gasteiger partial charge on any atom is -0.265 e. The number of halogens is 2. The lowest BCUT2D eigenvalue weighted by Crippen LogP contribution is -2.04. The van der Waals surface area contributed by atoms with E-state index in [9.17, 15) is 4.39 Å². The molecule has 0 amide bonds. The van der Waals surface area contributed by atoms with Crippen LogP contribution < -0.4 is 0 Å². The van der Waals surface area contributed by atoms with E-state index in [0.717, 1.165) is 16.8 Å². The molecular weight excluding hydrogens is 349 g/mol. The van der Waals surface area contributed by atoms with E-state index >= 15 is 0 Å². The van der Waals surface area contributed by atoms with E-state index in [1.807, 2.05) is 37.3 Å². The van der Waals surface area contributed by atoms with Crippen LogP contribution in [-0.4, -0.2) is 14.8 Å². The summed E-state index contributed by atoms with van der Waals surface area (Å²) in [5.74, 6) is 0.108. The van der Waals surface area contributed by atoms with Crippen LogP contribution in [0.15, 0.2) is 48.7 Å². The molecule has 0 aliphatic heterocycles. The third-order valence-corrected chi connectivity index (χ3v) is 4.47. The van der Waals surface area contributed by atoms with E-state index in [-0.39, 0.29) is 5.83 Å². The fourth-order valence-corrected chi connectivity index (χ4v) is 2.77. The molecule has 26 heavy (non-hydrogen) atoms. The first-order valence-corrected chi connectivity index (χ1v) is 8.92. The lowest BCUT2D eigenvalue weighted by Gasteiger charge is -2.05. The smallest absolute Gasteiger partial charge is 0.151 e. The Kier molecular flexibility index (Phi) is 5.52. The molecule has 0 N–H and O–H groups in total. The van der Waals surface area contributed by atoms with Crippen molar-refractivity contribution in [3.05, 3.63) is 81.9 Å². The Hall–Kier alpha value is -2.46. The fraction of sp³-hybridized carbons (Fsp3) is 0.238. The first-order valence-electron chi connectivity index (χ1n) is 8.55. The Morgan fingerprint density at radius 3 is 2.54 bits per heavy atom. The molecule has 1 aromatic carbocycles. The summed E-state index contributed by atoms with van der Waals surface area (Å²) in [6.45, 7) is 6.70. The molecule has 0 saturated heterocycles. The normalized spacial score (nSPS) is 12.0. The summed E-state index contributed by atoms with van der Waals surface area (Å²) in [4.78, 5) is 4.06. The summed E-state index contributed by atoms with van der Waals surface area (Å²) in [5, 5.41) is 4.83. The van der Waals surface area contributed by atoms with Gasteiger partial charge in [-0.15, -0.1) is 0 Å². The van der Waals surface area contributed by atoms with Crippen LogP contribution in [0.3, 0.4) is 0 Å². The van der Waals surface area contributed by atoms with Gasteiger partial charge in [-0.1, -0.05) is 55.8 Å². The Morgan fingerprint density at radius 2 is 1.92 bits per heavy atom. The van der Waals surface area contributed by atoms with Crippen molar-refractivity contribution in [3.63, 3.8) is 0 Å². The van der Waals surface area contributed by atoms with Gasteiger partial charge in [0.2, 0.25) is 0 Å². The van der Waals surface area contributed by atoms with Crippen molar-refractivity contribution in [1.82, 2.24) is 14.8 Å². The van der Waals surface area contributed by atoms with Crippen LogP contribution in [0.4, 0.5) is 4.39 Å². The van der Waals surface area contributed by atoms with Crippen LogP contribution in [0.2, 0.25) is 5.15 Å². The second-order valence-corrected chi connectivity index (χ2v) is 7.02. The second kappa shape index (κ2) is 7.83. The Bertz CT molecular complexity index is 909. The third kappa shape index (κ3) is 4.38. The summed E-state index contributed by atoms with van der Waals surface area (Å²) in [7, 11) is 0. The first-order chi connectivity index (χ1) is 12.4. The predicted molar refractivity (Wildman–Crippen MR) is 105 cm³/mol. The van der Waals surface area contributed by atoms with E-state index in [4.69, 9.17) is 11.6 Å². The Balaban J connectivity index is 1.79. The molecule has 0 radical (unpaired) electrons. The van der Waals surface area contributed by atoms with Gasteiger partial charge < -0.3 is 0 Å². The zero-order valence-electron chi connectivity index (χ0n) is 15.1. The number of hydrogen-bond acceptors (Lipinski definition) is 2. The largest absolute Gasteiger partial charge is 0.265 e. The van der Waals surface area contributed by atoms with Gasteiger partial charge in [-0.05, 0) is 47.7 Å². The average molecular weight is 370 g/mol. The molecule has 2 heterocycles. The molecule has 5 heteroatoms. The van der Waals surface area contributed by atoms with E-state index in [1.165, 1.54) is 11.6 Å². The summed E-state index contributed by atoms with van der Waals surface area (Å²) >= 11 is 5.80. The molecule has 0 spiro atoms. The van der Waals surface area contributed by atoms with Gasteiger partial charge in [0.05, 0.1) is 6.54 Å². The van der Waals surface area contributed by atoms with Crippen LogP contribution in [0.1, 0.15) is 47.8 Å². The average Bonchev–Trinajstić information content (AvgIpc) is 2.98. The molecule has 3 aromatic rings. The van der Waals surface area contributed by atoms with Crippen molar-refractivity contribution in [3.8, 4) is 0 Å². The van der Waals surface area contributed by atoms with Gasteiger partial charge in [-0.25, -0.2) is 9.37 Å². The van der Waals surface area contributed by atoms with Crippen molar-refractivity contribution in [1.29, 1.82) is 0 Å². The molecule has 3 nitrogen and oxygen atoms in total. The summed E-state index contributed by atoms with van der Waals surface area (Å²) in [6.07, 6.45) is 3.21. The molecule has 0 fully saturated rings. The first kappa shape index (κ1) is 18.3. The highest BCUT2D eigenvalue weighted by Crippen LogP contribution is 2.22. The quantitative estimate of drug-likeness (QED) is 0.526.